The number of benzene rings is 1. The summed E-state index contributed by atoms with van der Waals surface area (Å²) in [6.07, 6.45) is 7.66. The van der Waals surface area contributed by atoms with Crippen LogP contribution in [0.1, 0.15) is 51.2 Å². The maximum absolute atomic E-state index is 6.94. The molecule has 5 heteroatoms. The number of hydrogen-bond donors (Lipinski definition) is 0. The summed E-state index contributed by atoms with van der Waals surface area (Å²) < 4.78 is 0. The molecular formula is C19H29Cl2NSiTi-2. The van der Waals surface area contributed by atoms with E-state index in [9.17, 15) is 0 Å². The molecule has 0 unspecified atom stereocenters. The molecule has 1 aromatic rings. The van der Waals surface area contributed by atoms with Gasteiger partial charge in [-0.2, -0.15) is 5.57 Å². The van der Waals surface area contributed by atoms with E-state index in [4.69, 9.17) is 5.73 Å². The average Bonchev–Trinajstić information content (AvgIpc) is 2.74. The molecule has 0 spiro atoms. The summed E-state index contributed by atoms with van der Waals surface area (Å²) in [5, 5.41) is 0. The van der Waals surface area contributed by atoms with Crippen LogP contribution in [0.2, 0.25) is 13.1 Å². The van der Waals surface area contributed by atoms with Gasteiger partial charge >= 0.3 is 38.5 Å². The van der Waals surface area contributed by atoms with Gasteiger partial charge in [0, 0.05) is 0 Å². The summed E-state index contributed by atoms with van der Waals surface area (Å²) in [4.78, 5) is 0. The SMILES string of the molecule is CC(C)(C)[NH-].C[Si](C)=[Ti+2].[Cl-].[Cl-].c1ccc2c(c1)CC1=C2CCC[CH-]1. The Morgan fingerprint density at radius 1 is 1.12 bits per heavy atom. The summed E-state index contributed by atoms with van der Waals surface area (Å²) in [5.74, 6) is 0. The van der Waals surface area contributed by atoms with E-state index in [1.54, 1.807) is 11.1 Å². The van der Waals surface area contributed by atoms with Crippen LogP contribution in [0.15, 0.2) is 29.8 Å². The summed E-state index contributed by atoms with van der Waals surface area (Å²) in [5.41, 5.74) is 13.0. The Kier molecular flexibility index (Phi) is 14.0. The van der Waals surface area contributed by atoms with Gasteiger partial charge in [0.05, 0.1) is 0 Å². The molecule has 24 heavy (non-hydrogen) atoms. The molecule has 0 saturated carbocycles. The summed E-state index contributed by atoms with van der Waals surface area (Å²) in [7, 11) is 0. The fraction of sp³-hybridized carbons (Fsp3) is 0.526. The Morgan fingerprint density at radius 2 is 1.62 bits per heavy atom. The van der Waals surface area contributed by atoms with Crippen LogP contribution in [-0.4, -0.2) is 11.7 Å². The molecule has 134 valence electrons. The maximum Gasteiger partial charge on any atom is -0.0361 e. The van der Waals surface area contributed by atoms with E-state index in [1.165, 1.54) is 36.8 Å². The van der Waals surface area contributed by atoms with Gasteiger partial charge in [0.1, 0.15) is 0 Å². The van der Waals surface area contributed by atoms with Crippen molar-refractivity contribution in [3.8, 4) is 0 Å². The number of hydrogen-bond acceptors (Lipinski definition) is 0. The van der Waals surface area contributed by atoms with E-state index < -0.39 is 0 Å². The largest absolute Gasteiger partial charge is 1.00 e. The Labute approximate surface area is 173 Å². The number of fused-ring (bicyclic) bond motifs is 2. The second kappa shape index (κ2) is 12.6. The molecule has 0 atom stereocenters. The molecule has 0 bridgehead atoms. The third-order valence-corrected chi connectivity index (χ3v) is 3.13. The van der Waals surface area contributed by atoms with Crippen LogP contribution < -0.4 is 24.8 Å². The fourth-order valence-electron chi connectivity index (χ4n) is 2.50. The zero-order valence-corrected chi connectivity index (χ0v) is 19.5. The second-order valence-corrected chi connectivity index (χ2v) is 13.9. The number of rotatable bonds is 0. The molecule has 0 radical (unpaired) electrons. The van der Waals surface area contributed by atoms with E-state index in [-0.39, 0.29) is 36.5 Å². The van der Waals surface area contributed by atoms with Gasteiger partial charge in [0.15, 0.2) is 0 Å². The van der Waals surface area contributed by atoms with Crippen LogP contribution in [0.4, 0.5) is 0 Å². The first-order valence-corrected chi connectivity index (χ1v) is 12.9. The summed E-state index contributed by atoms with van der Waals surface area (Å²) in [6.45, 7) is 10.1. The molecule has 1 N–H and O–H groups in total. The van der Waals surface area contributed by atoms with Crippen molar-refractivity contribution in [1.29, 1.82) is 0 Å². The Balaban J connectivity index is 0. The zero-order valence-electron chi connectivity index (χ0n) is 15.5. The van der Waals surface area contributed by atoms with Gasteiger partial charge in [-0.25, -0.2) is 12.0 Å². The third-order valence-electron chi connectivity index (χ3n) is 3.13. The fourth-order valence-corrected chi connectivity index (χ4v) is 2.50. The van der Waals surface area contributed by atoms with Crippen molar-refractivity contribution in [2.75, 3.05) is 0 Å². The third kappa shape index (κ3) is 11.0. The summed E-state index contributed by atoms with van der Waals surface area (Å²) >= 11 is 2.27. The minimum absolute atomic E-state index is 0. The maximum atomic E-state index is 6.94. The topological polar surface area (TPSA) is 23.8 Å². The number of halogens is 2. The predicted octanol–water partition coefficient (Wildman–Crippen LogP) is 0.0139. The Bertz CT molecular complexity index is 541. The van der Waals surface area contributed by atoms with Crippen LogP contribution in [-0.2, 0) is 25.6 Å². The molecule has 0 aromatic heterocycles. The number of allylic oxidation sites excluding steroid dienone is 2. The smallest absolute Gasteiger partial charge is 0.0361 e. The molecule has 3 rings (SSSR count). The van der Waals surface area contributed by atoms with Crippen molar-refractivity contribution in [2.24, 2.45) is 0 Å². The molecule has 2 aliphatic rings. The number of nitrogens with one attached hydrogen (secondary N) is 1. The quantitative estimate of drug-likeness (QED) is 0.419. The molecule has 1 aromatic carbocycles. The van der Waals surface area contributed by atoms with Gasteiger partial charge in [-0.1, -0.05) is 63.4 Å². The van der Waals surface area contributed by atoms with Crippen molar-refractivity contribution < 1.29 is 44.0 Å². The van der Waals surface area contributed by atoms with Gasteiger partial charge in [-0.15, -0.1) is 17.5 Å². The minimum atomic E-state index is -0.250. The zero-order chi connectivity index (χ0) is 16.8. The molecule has 1 nitrogen and oxygen atoms in total. The Hall–Kier alpha value is 0.301. The van der Waals surface area contributed by atoms with Crippen LogP contribution >= 0.6 is 0 Å². The molecule has 0 heterocycles. The van der Waals surface area contributed by atoms with Gasteiger partial charge in [0.2, 0.25) is 0 Å². The first-order valence-electron chi connectivity index (χ1n) is 8.08. The van der Waals surface area contributed by atoms with Crippen LogP contribution in [0, 0.1) is 6.42 Å². The Morgan fingerprint density at radius 3 is 2.17 bits per heavy atom. The molecule has 0 amide bonds. The van der Waals surface area contributed by atoms with Crippen LogP contribution in [0.25, 0.3) is 11.3 Å². The van der Waals surface area contributed by atoms with E-state index >= 15 is 0 Å². The first kappa shape index (κ1) is 26.5. The molecule has 0 aliphatic heterocycles. The normalized spacial score (nSPS) is 14.2. The second-order valence-electron chi connectivity index (χ2n) is 7.18. The van der Waals surface area contributed by atoms with Crippen molar-refractivity contribution in [1.82, 2.24) is 0 Å². The van der Waals surface area contributed by atoms with Crippen LogP contribution in [0.3, 0.4) is 0 Å². The van der Waals surface area contributed by atoms with Crippen LogP contribution in [0.5, 0.6) is 0 Å². The van der Waals surface area contributed by atoms with E-state index in [2.05, 4.69) is 63.0 Å². The van der Waals surface area contributed by atoms with Gasteiger partial charge in [0.25, 0.3) is 0 Å². The molecule has 0 fully saturated rings. The molecule has 2 aliphatic carbocycles. The van der Waals surface area contributed by atoms with Gasteiger partial charge < -0.3 is 30.5 Å². The summed E-state index contributed by atoms with van der Waals surface area (Å²) in [6, 6.07) is 8.85. The standard InChI is InChI=1S/C13H13.C4H10N.C2H6Si.2ClH.Ti/c1-3-7-12-10(5-1)9-11-6-2-4-8-13(11)12;1-4(2,3)5;1-3-2;;;/h1,3,5-7H,2,4,8-9H2;5H,1-3H3;1-2H3;2*1H;/q2*-1;;;;+2/p-2. The van der Waals surface area contributed by atoms with E-state index in [0.717, 1.165) is 0 Å². The minimum Gasteiger partial charge on any atom is -1.00 e. The predicted molar refractivity (Wildman–Crippen MR) is 96.8 cm³/mol. The van der Waals surface area contributed by atoms with Crippen molar-refractivity contribution in [3.63, 3.8) is 0 Å². The molecular weight excluding hydrogens is 389 g/mol. The van der Waals surface area contributed by atoms with Crippen molar-refractivity contribution >= 4 is 11.8 Å². The average molecular weight is 418 g/mol. The molecule has 0 saturated heterocycles. The van der Waals surface area contributed by atoms with E-state index in [1.807, 2.05) is 20.8 Å². The van der Waals surface area contributed by atoms with Gasteiger partial charge in [-0.05, 0) is 6.42 Å². The van der Waals surface area contributed by atoms with Crippen molar-refractivity contribution in [3.05, 3.63) is 53.1 Å². The van der Waals surface area contributed by atoms with Gasteiger partial charge in [-0.3, -0.25) is 0 Å². The van der Waals surface area contributed by atoms with E-state index in [0.29, 0.717) is 0 Å². The monoisotopic (exact) mass is 417 g/mol. The van der Waals surface area contributed by atoms with Crippen molar-refractivity contribution in [2.45, 2.75) is 65.1 Å². The first-order chi connectivity index (χ1) is 10.2.